The second-order valence-corrected chi connectivity index (χ2v) is 4.61. The van der Waals surface area contributed by atoms with Crippen molar-refractivity contribution in [2.24, 2.45) is 0 Å². The average Bonchev–Trinajstić information content (AvgIpc) is 2.48. The SMILES string of the molecule is Nc1nc2ccccc2c(N)c1-c1ccc([N+](=O)[O-])cc1. The average molecular weight is 280 g/mol. The van der Waals surface area contributed by atoms with Crippen molar-refractivity contribution in [1.29, 1.82) is 0 Å². The molecule has 3 rings (SSSR count). The Hall–Kier alpha value is -3.15. The zero-order chi connectivity index (χ0) is 15.0. The third-order valence-electron chi connectivity index (χ3n) is 3.33. The van der Waals surface area contributed by atoms with Gasteiger partial charge in [0.2, 0.25) is 0 Å². The first kappa shape index (κ1) is 12.9. The van der Waals surface area contributed by atoms with Gasteiger partial charge in [-0.2, -0.15) is 0 Å². The van der Waals surface area contributed by atoms with Crippen LogP contribution in [0, 0.1) is 10.1 Å². The Balaban J connectivity index is 2.22. The van der Waals surface area contributed by atoms with E-state index in [0.29, 0.717) is 22.6 Å². The van der Waals surface area contributed by atoms with Crippen LogP contribution in [0.3, 0.4) is 0 Å². The number of hydrogen-bond donors (Lipinski definition) is 2. The molecular formula is C15H12N4O2. The molecule has 21 heavy (non-hydrogen) atoms. The van der Waals surface area contributed by atoms with Crippen molar-refractivity contribution < 1.29 is 4.92 Å². The standard InChI is InChI=1S/C15H12N4O2/c16-14-11-3-1-2-4-12(11)18-15(17)13(14)9-5-7-10(8-6-9)19(20)21/h1-8H,(H4,16,17,18). The second-order valence-electron chi connectivity index (χ2n) is 4.61. The lowest BCUT2D eigenvalue weighted by atomic mass is 10.0. The minimum atomic E-state index is -0.449. The van der Waals surface area contributed by atoms with Gasteiger partial charge in [0, 0.05) is 23.1 Å². The number of nitrogens with two attached hydrogens (primary N) is 2. The molecule has 0 aliphatic rings. The van der Waals surface area contributed by atoms with Crippen molar-refractivity contribution >= 4 is 28.1 Å². The highest BCUT2D eigenvalue weighted by atomic mass is 16.6. The summed E-state index contributed by atoms with van der Waals surface area (Å²) in [6.07, 6.45) is 0. The minimum Gasteiger partial charge on any atom is -0.398 e. The second kappa shape index (κ2) is 4.75. The van der Waals surface area contributed by atoms with Crippen molar-refractivity contribution in [3.05, 3.63) is 58.6 Å². The van der Waals surface area contributed by atoms with E-state index < -0.39 is 4.92 Å². The van der Waals surface area contributed by atoms with Gasteiger partial charge in [0.1, 0.15) is 5.82 Å². The van der Waals surface area contributed by atoms with E-state index in [1.165, 1.54) is 12.1 Å². The number of anilines is 2. The molecule has 0 unspecified atom stereocenters. The molecule has 1 heterocycles. The highest BCUT2D eigenvalue weighted by Crippen LogP contribution is 2.36. The number of para-hydroxylation sites is 1. The van der Waals surface area contributed by atoms with Crippen LogP contribution in [0.25, 0.3) is 22.0 Å². The smallest absolute Gasteiger partial charge is 0.269 e. The number of hydrogen-bond acceptors (Lipinski definition) is 5. The van der Waals surface area contributed by atoms with Gasteiger partial charge >= 0.3 is 0 Å². The Morgan fingerprint density at radius 1 is 1.00 bits per heavy atom. The fourth-order valence-electron chi connectivity index (χ4n) is 2.31. The summed E-state index contributed by atoms with van der Waals surface area (Å²) in [7, 11) is 0. The van der Waals surface area contributed by atoms with Crippen molar-refractivity contribution in [3.63, 3.8) is 0 Å². The first-order chi connectivity index (χ1) is 10.1. The van der Waals surface area contributed by atoms with Crippen LogP contribution in [0.4, 0.5) is 17.2 Å². The van der Waals surface area contributed by atoms with Crippen LogP contribution < -0.4 is 11.5 Å². The largest absolute Gasteiger partial charge is 0.398 e. The summed E-state index contributed by atoms with van der Waals surface area (Å²) in [6.45, 7) is 0. The van der Waals surface area contributed by atoms with E-state index in [4.69, 9.17) is 11.5 Å². The molecule has 0 aliphatic heterocycles. The van der Waals surface area contributed by atoms with E-state index >= 15 is 0 Å². The van der Waals surface area contributed by atoms with E-state index in [0.717, 1.165) is 10.9 Å². The molecule has 3 aromatic rings. The number of nitrogen functional groups attached to an aromatic ring is 2. The van der Waals surface area contributed by atoms with Crippen molar-refractivity contribution in [3.8, 4) is 11.1 Å². The van der Waals surface area contributed by atoms with Crippen molar-refractivity contribution in [1.82, 2.24) is 4.98 Å². The molecule has 0 saturated heterocycles. The number of rotatable bonds is 2. The van der Waals surface area contributed by atoms with E-state index in [1.54, 1.807) is 12.1 Å². The van der Waals surface area contributed by atoms with Crippen LogP contribution in [0.5, 0.6) is 0 Å². The molecule has 6 heteroatoms. The molecule has 6 nitrogen and oxygen atoms in total. The molecule has 2 aromatic carbocycles. The summed E-state index contributed by atoms with van der Waals surface area (Å²) in [5.41, 5.74) is 14.8. The molecular weight excluding hydrogens is 268 g/mol. The van der Waals surface area contributed by atoms with Gasteiger partial charge in [0.05, 0.1) is 16.1 Å². The van der Waals surface area contributed by atoms with E-state index in [1.807, 2.05) is 24.3 Å². The van der Waals surface area contributed by atoms with Crippen LogP contribution >= 0.6 is 0 Å². The number of nitro benzene ring substituents is 1. The maximum Gasteiger partial charge on any atom is 0.269 e. The Morgan fingerprint density at radius 3 is 2.33 bits per heavy atom. The van der Waals surface area contributed by atoms with Crippen molar-refractivity contribution in [2.45, 2.75) is 0 Å². The van der Waals surface area contributed by atoms with Gasteiger partial charge in [0.15, 0.2) is 0 Å². The molecule has 0 amide bonds. The highest BCUT2D eigenvalue weighted by molar-refractivity contribution is 6.02. The minimum absolute atomic E-state index is 0.0182. The molecule has 0 spiro atoms. The number of pyridine rings is 1. The summed E-state index contributed by atoms with van der Waals surface area (Å²) in [6, 6.07) is 13.5. The molecule has 0 saturated carbocycles. The number of benzene rings is 2. The molecule has 0 fully saturated rings. The Bertz CT molecular complexity index is 844. The fraction of sp³-hybridized carbons (Fsp3) is 0. The number of nitro groups is 1. The lowest BCUT2D eigenvalue weighted by Crippen LogP contribution is -2.01. The van der Waals surface area contributed by atoms with Gasteiger partial charge in [-0.3, -0.25) is 10.1 Å². The summed E-state index contributed by atoms with van der Waals surface area (Å²) in [4.78, 5) is 14.6. The van der Waals surface area contributed by atoms with Crippen LogP contribution in [-0.4, -0.2) is 9.91 Å². The van der Waals surface area contributed by atoms with Gasteiger partial charge < -0.3 is 11.5 Å². The number of nitrogens with zero attached hydrogens (tertiary/aromatic N) is 2. The molecule has 0 atom stereocenters. The van der Waals surface area contributed by atoms with E-state index in [-0.39, 0.29) is 5.69 Å². The molecule has 104 valence electrons. The van der Waals surface area contributed by atoms with Crippen LogP contribution in [-0.2, 0) is 0 Å². The lowest BCUT2D eigenvalue weighted by Gasteiger charge is -2.11. The predicted molar refractivity (Wildman–Crippen MR) is 82.7 cm³/mol. The summed E-state index contributed by atoms with van der Waals surface area (Å²) in [5.74, 6) is 0.306. The summed E-state index contributed by atoms with van der Waals surface area (Å²) in [5, 5.41) is 11.5. The highest BCUT2D eigenvalue weighted by Gasteiger charge is 2.14. The zero-order valence-electron chi connectivity index (χ0n) is 11.0. The van der Waals surface area contributed by atoms with Gasteiger partial charge in [-0.25, -0.2) is 4.98 Å². The molecule has 0 bridgehead atoms. The molecule has 4 N–H and O–H groups in total. The van der Waals surface area contributed by atoms with Gasteiger partial charge in [-0.15, -0.1) is 0 Å². The normalized spacial score (nSPS) is 10.7. The third-order valence-corrected chi connectivity index (χ3v) is 3.33. The van der Waals surface area contributed by atoms with Crippen molar-refractivity contribution in [2.75, 3.05) is 11.5 Å². The summed E-state index contributed by atoms with van der Waals surface area (Å²) < 4.78 is 0. The topological polar surface area (TPSA) is 108 Å². The lowest BCUT2D eigenvalue weighted by molar-refractivity contribution is -0.384. The van der Waals surface area contributed by atoms with Gasteiger partial charge in [-0.05, 0) is 23.8 Å². The summed E-state index contributed by atoms with van der Waals surface area (Å²) >= 11 is 0. The number of aromatic nitrogens is 1. The van der Waals surface area contributed by atoms with Crippen LogP contribution in [0.15, 0.2) is 48.5 Å². The number of non-ortho nitro benzene ring substituents is 1. The fourth-order valence-corrected chi connectivity index (χ4v) is 2.31. The van der Waals surface area contributed by atoms with Gasteiger partial charge in [0.25, 0.3) is 5.69 Å². The Morgan fingerprint density at radius 2 is 1.67 bits per heavy atom. The Kier molecular flexibility index (Phi) is 2.91. The molecule has 0 radical (unpaired) electrons. The maximum absolute atomic E-state index is 10.7. The number of fused-ring (bicyclic) bond motifs is 1. The predicted octanol–water partition coefficient (Wildman–Crippen LogP) is 2.97. The monoisotopic (exact) mass is 280 g/mol. The molecule has 0 aliphatic carbocycles. The van der Waals surface area contributed by atoms with Gasteiger partial charge in [-0.1, -0.05) is 18.2 Å². The van der Waals surface area contributed by atoms with E-state index in [9.17, 15) is 10.1 Å². The quantitative estimate of drug-likeness (QED) is 0.554. The van der Waals surface area contributed by atoms with Crippen LogP contribution in [0.2, 0.25) is 0 Å². The third kappa shape index (κ3) is 2.12. The zero-order valence-corrected chi connectivity index (χ0v) is 11.0. The van der Waals surface area contributed by atoms with E-state index in [2.05, 4.69) is 4.98 Å². The maximum atomic E-state index is 10.7. The molecule has 1 aromatic heterocycles. The first-order valence-electron chi connectivity index (χ1n) is 6.26. The Labute approximate surface area is 120 Å². The van der Waals surface area contributed by atoms with Crippen LogP contribution in [0.1, 0.15) is 0 Å². The first-order valence-corrected chi connectivity index (χ1v) is 6.26.